The first-order valence-electron chi connectivity index (χ1n) is 5.20. The summed E-state index contributed by atoms with van der Waals surface area (Å²) in [5, 5.41) is 0.502. The average Bonchev–Trinajstić information content (AvgIpc) is 2.50. The van der Waals surface area contributed by atoms with Crippen molar-refractivity contribution in [1.82, 2.24) is 4.98 Å². The first-order valence-corrected chi connectivity index (χ1v) is 5.58. The Morgan fingerprint density at radius 2 is 2.20 bits per heavy atom. The number of aromatic nitrogens is 1. The molecule has 0 radical (unpaired) electrons. The normalized spacial score (nSPS) is 19.5. The lowest BCUT2D eigenvalue weighted by Gasteiger charge is -2.33. The van der Waals surface area contributed by atoms with Crippen molar-refractivity contribution in [2.45, 2.75) is 32.2 Å². The summed E-state index contributed by atoms with van der Waals surface area (Å²) in [7, 11) is 0. The molecule has 0 aliphatic carbocycles. The van der Waals surface area contributed by atoms with Crippen molar-refractivity contribution >= 4 is 23.1 Å². The van der Waals surface area contributed by atoms with E-state index in [9.17, 15) is 0 Å². The number of halogens is 1. The van der Waals surface area contributed by atoms with E-state index in [0.29, 0.717) is 10.8 Å². The topological polar surface area (TPSA) is 42.2 Å². The van der Waals surface area contributed by atoms with E-state index < -0.39 is 0 Å². The molecule has 1 fully saturated rings. The van der Waals surface area contributed by atoms with Crippen LogP contribution in [0.1, 0.15) is 26.7 Å². The van der Waals surface area contributed by atoms with Crippen LogP contribution >= 0.6 is 11.6 Å². The minimum Gasteiger partial charge on any atom is -0.396 e. The molecule has 2 heterocycles. The minimum absolute atomic E-state index is 0.131. The SMILES string of the molecule is CC1(C)CCCN1c1nc(Cl)ccc1N. The smallest absolute Gasteiger partial charge is 0.154 e. The molecule has 2 N–H and O–H groups in total. The molecule has 1 aromatic heterocycles. The molecule has 0 unspecified atom stereocenters. The van der Waals surface area contributed by atoms with E-state index in [0.717, 1.165) is 12.4 Å². The summed E-state index contributed by atoms with van der Waals surface area (Å²) < 4.78 is 0. The van der Waals surface area contributed by atoms with E-state index in [1.165, 1.54) is 12.8 Å². The maximum absolute atomic E-state index is 5.93. The lowest BCUT2D eigenvalue weighted by molar-refractivity contribution is 0.515. The van der Waals surface area contributed by atoms with E-state index in [-0.39, 0.29) is 5.54 Å². The van der Waals surface area contributed by atoms with Gasteiger partial charge in [0.25, 0.3) is 0 Å². The molecule has 0 aromatic carbocycles. The summed E-state index contributed by atoms with van der Waals surface area (Å²) in [4.78, 5) is 6.56. The van der Waals surface area contributed by atoms with Gasteiger partial charge in [0.1, 0.15) is 5.15 Å². The molecule has 0 atom stereocenters. The Morgan fingerprint density at radius 3 is 2.80 bits per heavy atom. The Labute approximate surface area is 95.2 Å². The van der Waals surface area contributed by atoms with Gasteiger partial charge in [0, 0.05) is 12.1 Å². The van der Waals surface area contributed by atoms with Crippen LogP contribution in [0.25, 0.3) is 0 Å². The van der Waals surface area contributed by atoms with Gasteiger partial charge in [-0.1, -0.05) is 11.6 Å². The van der Waals surface area contributed by atoms with Crippen LogP contribution in [0.2, 0.25) is 5.15 Å². The third kappa shape index (κ3) is 1.88. The maximum atomic E-state index is 5.93. The second-order valence-corrected chi connectivity index (χ2v) is 5.00. The zero-order valence-corrected chi connectivity index (χ0v) is 9.88. The first-order chi connectivity index (χ1) is 7.00. The van der Waals surface area contributed by atoms with Gasteiger partial charge >= 0.3 is 0 Å². The molecular weight excluding hydrogens is 210 g/mol. The van der Waals surface area contributed by atoms with Gasteiger partial charge in [0.2, 0.25) is 0 Å². The highest BCUT2D eigenvalue weighted by atomic mass is 35.5. The molecule has 1 aliphatic rings. The van der Waals surface area contributed by atoms with Gasteiger partial charge in [-0.3, -0.25) is 0 Å². The van der Waals surface area contributed by atoms with Crippen molar-refractivity contribution in [3.8, 4) is 0 Å². The quantitative estimate of drug-likeness (QED) is 0.748. The van der Waals surface area contributed by atoms with Crippen LogP contribution in [0.15, 0.2) is 12.1 Å². The summed E-state index contributed by atoms with van der Waals surface area (Å²) in [6.07, 6.45) is 2.35. The Morgan fingerprint density at radius 1 is 1.47 bits per heavy atom. The fraction of sp³-hybridized carbons (Fsp3) is 0.545. The molecule has 0 bridgehead atoms. The van der Waals surface area contributed by atoms with Crippen LogP contribution in [0.4, 0.5) is 11.5 Å². The van der Waals surface area contributed by atoms with Gasteiger partial charge in [-0.05, 0) is 38.8 Å². The maximum Gasteiger partial charge on any atom is 0.154 e. The summed E-state index contributed by atoms with van der Waals surface area (Å²) in [5.74, 6) is 0.824. The highest BCUT2D eigenvalue weighted by Crippen LogP contribution is 2.35. The lowest BCUT2D eigenvalue weighted by Crippen LogP contribution is -2.39. The zero-order valence-electron chi connectivity index (χ0n) is 9.13. The van der Waals surface area contributed by atoms with Gasteiger partial charge in [-0.2, -0.15) is 0 Å². The number of rotatable bonds is 1. The van der Waals surface area contributed by atoms with E-state index in [1.54, 1.807) is 6.07 Å². The molecule has 0 saturated carbocycles. The van der Waals surface area contributed by atoms with Crippen LogP contribution in [-0.2, 0) is 0 Å². The van der Waals surface area contributed by atoms with Crippen LogP contribution in [0.5, 0.6) is 0 Å². The largest absolute Gasteiger partial charge is 0.396 e. The summed E-state index contributed by atoms with van der Waals surface area (Å²) >= 11 is 5.90. The fourth-order valence-corrected chi connectivity index (χ4v) is 2.30. The van der Waals surface area contributed by atoms with Gasteiger partial charge < -0.3 is 10.6 Å². The van der Waals surface area contributed by atoms with Crippen molar-refractivity contribution in [2.75, 3.05) is 17.2 Å². The van der Waals surface area contributed by atoms with Crippen molar-refractivity contribution in [1.29, 1.82) is 0 Å². The van der Waals surface area contributed by atoms with Crippen molar-refractivity contribution in [2.24, 2.45) is 0 Å². The standard InChI is InChI=1S/C11H16ClN3/c1-11(2)6-3-7-15(11)10-8(13)4-5-9(12)14-10/h4-5H,3,6-7,13H2,1-2H3. The second kappa shape index (κ2) is 3.56. The number of nitrogen functional groups attached to an aromatic ring is 1. The Bertz CT molecular complexity index is 376. The van der Waals surface area contributed by atoms with E-state index in [4.69, 9.17) is 17.3 Å². The molecule has 4 heteroatoms. The Kier molecular flexibility index (Phi) is 2.51. The third-order valence-electron chi connectivity index (χ3n) is 3.03. The first kappa shape index (κ1) is 10.6. The second-order valence-electron chi connectivity index (χ2n) is 4.61. The van der Waals surface area contributed by atoms with E-state index in [2.05, 4.69) is 23.7 Å². The number of hydrogen-bond acceptors (Lipinski definition) is 3. The third-order valence-corrected chi connectivity index (χ3v) is 3.24. The van der Waals surface area contributed by atoms with E-state index in [1.807, 2.05) is 6.07 Å². The average molecular weight is 226 g/mol. The molecule has 3 nitrogen and oxygen atoms in total. The molecule has 1 saturated heterocycles. The van der Waals surface area contributed by atoms with Crippen LogP contribution in [-0.4, -0.2) is 17.1 Å². The summed E-state index contributed by atoms with van der Waals surface area (Å²) in [5.41, 5.74) is 6.76. The van der Waals surface area contributed by atoms with Crippen LogP contribution < -0.4 is 10.6 Å². The van der Waals surface area contributed by atoms with Crippen LogP contribution in [0.3, 0.4) is 0 Å². The van der Waals surface area contributed by atoms with E-state index >= 15 is 0 Å². The summed E-state index contributed by atoms with van der Waals surface area (Å²) in [6, 6.07) is 3.54. The van der Waals surface area contributed by atoms with Gasteiger partial charge in [0.05, 0.1) is 5.69 Å². The molecule has 1 aromatic rings. The lowest BCUT2D eigenvalue weighted by atomic mass is 10.0. The number of nitrogens with zero attached hydrogens (tertiary/aromatic N) is 2. The summed E-state index contributed by atoms with van der Waals surface area (Å²) in [6.45, 7) is 5.43. The number of pyridine rings is 1. The predicted octanol–water partition coefficient (Wildman–Crippen LogP) is 2.70. The number of anilines is 2. The van der Waals surface area contributed by atoms with Gasteiger partial charge in [0.15, 0.2) is 5.82 Å². The van der Waals surface area contributed by atoms with Crippen molar-refractivity contribution in [3.63, 3.8) is 0 Å². The van der Waals surface area contributed by atoms with Gasteiger partial charge in [-0.25, -0.2) is 4.98 Å². The predicted molar refractivity (Wildman–Crippen MR) is 64.3 cm³/mol. The molecular formula is C11H16ClN3. The highest BCUT2D eigenvalue weighted by Gasteiger charge is 2.33. The molecule has 1 aliphatic heterocycles. The molecule has 0 amide bonds. The Hall–Kier alpha value is -0.960. The number of hydrogen-bond donors (Lipinski definition) is 1. The Balaban J connectivity index is 2.40. The van der Waals surface area contributed by atoms with Crippen LogP contribution in [0, 0.1) is 0 Å². The zero-order chi connectivity index (χ0) is 11.1. The molecule has 82 valence electrons. The molecule has 2 rings (SSSR count). The number of nitrogens with two attached hydrogens (primary N) is 1. The monoisotopic (exact) mass is 225 g/mol. The van der Waals surface area contributed by atoms with Crippen molar-refractivity contribution in [3.05, 3.63) is 17.3 Å². The van der Waals surface area contributed by atoms with Crippen molar-refractivity contribution < 1.29 is 0 Å². The molecule has 15 heavy (non-hydrogen) atoms. The molecule has 0 spiro atoms. The highest BCUT2D eigenvalue weighted by molar-refractivity contribution is 6.29. The fourth-order valence-electron chi connectivity index (χ4n) is 2.15. The van der Waals surface area contributed by atoms with Gasteiger partial charge in [-0.15, -0.1) is 0 Å². The minimum atomic E-state index is 0.131.